The first-order chi connectivity index (χ1) is 19.9. The molecule has 0 amide bonds. The molecule has 0 atom stereocenters. The number of aromatic nitrogens is 2. The van der Waals surface area contributed by atoms with Crippen LogP contribution in [0.3, 0.4) is 0 Å². The molecule has 0 N–H and O–H groups in total. The molecule has 0 aliphatic rings. The van der Waals surface area contributed by atoms with Crippen molar-refractivity contribution in [3.8, 4) is 17.3 Å². The Balaban J connectivity index is 1.46. The van der Waals surface area contributed by atoms with Crippen molar-refractivity contribution >= 4 is 61.3 Å². The van der Waals surface area contributed by atoms with Crippen LogP contribution in [-0.4, -0.2) is 20.8 Å². The third kappa shape index (κ3) is 5.47. The van der Waals surface area contributed by atoms with Crippen molar-refractivity contribution in [3.05, 3.63) is 132 Å². The van der Waals surface area contributed by atoms with Crippen LogP contribution in [0.2, 0.25) is 5.02 Å². The van der Waals surface area contributed by atoms with E-state index in [1.807, 2.05) is 24.3 Å². The van der Waals surface area contributed by atoms with Crippen LogP contribution in [0, 0.1) is 10.1 Å². The normalized spacial score (nSPS) is 11.5. The van der Waals surface area contributed by atoms with E-state index in [0.29, 0.717) is 38.6 Å². The number of hydrogen-bond acceptors (Lipinski definition) is 7. The van der Waals surface area contributed by atoms with Gasteiger partial charge in [0.05, 0.1) is 22.0 Å². The van der Waals surface area contributed by atoms with Gasteiger partial charge in [-0.15, -0.1) is 0 Å². The maximum Gasteiger partial charge on any atom is 0.282 e. The minimum Gasteiger partial charge on any atom is -0.488 e. The minimum atomic E-state index is -0.509. The van der Waals surface area contributed by atoms with E-state index in [1.165, 1.54) is 24.4 Å². The highest BCUT2D eigenvalue weighted by Gasteiger charge is 2.17. The van der Waals surface area contributed by atoms with Crippen molar-refractivity contribution in [3.63, 3.8) is 0 Å². The highest BCUT2D eigenvalue weighted by molar-refractivity contribution is 9.10. The Bertz CT molecular complexity index is 2040. The lowest BCUT2D eigenvalue weighted by Crippen LogP contribution is -2.20. The lowest BCUT2D eigenvalue weighted by molar-refractivity contribution is -0.384. The smallest absolute Gasteiger partial charge is 0.282 e. The Kier molecular flexibility index (Phi) is 7.08. The predicted molar refractivity (Wildman–Crippen MR) is 161 cm³/mol. The number of benzene rings is 4. The maximum atomic E-state index is 13.6. The van der Waals surface area contributed by atoms with Crippen LogP contribution in [0.4, 0.5) is 5.69 Å². The van der Waals surface area contributed by atoms with E-state index >= 15 is 0 Å². The number of hydrogen-bond donors (Lipinski definition) is 0. The molecule has 0 fully saturated rings. The molecule has 6 rings (SSSR count). The number of fused-ring (bicyclic) bond motifs is 2. The molecule has 0 aliphatic heterocycles. The molecule has 41 heavy (non-hydrogen) atoms. The molecule has 4 aromatic carbocycles. The quantitative estimate of drug-likeness (QED) is 0.102. The van der Waals surface area contributed by atoms with E-state index in [2.05, 4.69) is 26.0 Å². The van der Waals surface area contributed by atoms with E-state index in [9.17, 15) is 14.9 Å². The second-order valence-electron chi connectivity index (χ2n) is 9.00. The fourth-order valence-corrected chi connectivity index (χ4v) is 4.70. The third-order valence-corrected chi connectivity index (χ3v) is 7.04. The van der Waals surface area contributed by atoms with Crippen LogP contribution in [-0.2, 0) is 6.61 Å². The highest BCUT2D eigenvalue weighted by atomic mass is 79.9. The van der Waals surface area contributed by atoms with Crippen molar-refractivity contribution in [1.82, 2.24) is 9.66 Å². The Labute approximate surface area is 245 Å². The van der Waals surface area contributed by atoms with E-state index in [4.69, 9.17) is 20.8 Å². The molecule has 2 aromatic heterocycles. The Morgan fingerprint density at radius 3 is 2.66 bits per heavy atom. The van der Waals surface area contributed by atoms with Crippen LogP contribution in [0.15, 0.2) is 110 Å². The molecule has 0 radical (unpaired) electrons. The fraction of sp³-hybridized carbons (Fsp3) is 0.0333. The first-order valence-electron chi connectivity index (χ1n) is 12.3. The lowest BCUT2D eigenvalue weighted by Gasteiger charge is -2.10. The average molecular weight is 630 g/mol. The van der Waals surface area contributed by atoms with Gasteiger partial charge in [0.1, 0.15) is 17.9 Å². The van der Waals surface area contributed by atoms with Crippen molar-refractivity contribution in [1.29, 1.82) is 0 Å². The summed E-state index contributed by atoms with van der Waals surface area (Å²) in [5, 5.41) is 17.6. The van der Waals surface area contributed by atoms with Gasteiger partial charge >= 0.3 is 0 Å². The van der Waals surface area contributed by atoms with Gasteiger partial charge in [-0.25, -0.2) is 4.98 Å². The summed E-state index contributed by atoms with van der Waals surface area (Å²) in [5.41, 5.74) is 1.63. The molecule has 11 heteroatoms. The van der Waals surface area contributed by atoms with Gasteiger partial charge in [0.25, 0.3) is 11.2 Å². The van der Waals surface area contributed by atoms with E-state index < -0.39 is 10.5 Å². The lowest BCUT2D eigenvalue weighted by atomic mass is 10.2. The Hall–Kier alpha value is -4.80. The number of halogens is 2. The molecule has 0 unspecified atom stereocenters. The topological polar surface area (TPSA) is 113 Å². The molecule has 0 saturated heterocycles. The summed E-state index contributed by atoms with van der Waals surface area (Å²) in [6.07, 6.45) is 1.34. The first kappa shape index (κ1) is 26.4. The molecule has 9 nitrogen and oxygen atoms in total. The van der Waals surface area contributed by atoms with E-state index in [1.54, 1.807) is 48.5 Å². The average Bonchev–Trinajstić information content (AvgIpc) is 3.39. The molecule has 0 saturated carbocycles. The molecule has 0 spiro atoms. The van der Waals surface area contributed by atoms with E-state index in [0.717, 1.165) is 20.1 Å². The molecule has 2 heterocycles. The molecule has 0 aliphatic carbocycles. The van der Waals surface area contributed by atoms with Gasteiger partial charge in [-0.1, -0.05) is 51.8 Å². The van der Waals surface area contributed by atoms with Crippen LogP contribution in [0.1, 0.15) is 11.1 Å². The Morgan fingerprint density at radius 2 is 1.85 bits per heavy atom. The molecule has 6 aromatic rings. The van der Waals surface area contributed by atoms with Gasteiger partial charge in [0.2, 0.25) is 5.82 Å². The SMILES string of the molecule is O=c1c2ccccc2nc(-c2cc3cc(Cl)ccc3o2)n1N=Cc1cc([N+](=O)[O-])ccc1OCc1ccc(Br)cc1. The number of para-hydroxylation sites is 1. The number of nitro benzene ring substituents is 1. The molecular weight excluding hydrogens is 612 g/mol. The van der Waals surface area contributed by atoms with Crippen molar-refractivity contribution in [2.75, 3.05) is 0 Å². The standard InChI is InChI=1S/C30H18BrClN4O5/c31-21-7-5-18(6-8-21)17-40-26-12-10-23(36(38)39)14-20(26)16-33-35-29(34-25-4-2-1-3-24(25)30(35)37)28-15-19-13-22(32)9-11-27(19)41-28/h1-16H,17H2. The number of non-ortho nitro benzene ring substituents is 1. The second kappa shape index (κ2) is 11.0. The summed E-state index contributed by atoms with van der Waals surface area (Å²) in [5.74, 6) is 0.803. The highest BCUT2D eigenvalue weighted by Crippen LogP contribution is 2.29. The van der Waals surface area contributed by atoms with Crippen molar-refractivity contribution in [2.24, 2.45) is 5.10 Å². The van der Waals surface area contributed by atoms with Gasteiger partial charge in [-0.2, -0.15) is 9.78 Å². The maximum absolute atomic E-state index is 13.6. The summed E-state index contributed by atoms with van der Waals surface area (Å²) < 4.78 is 14.0. The fourth-order valence-electron chi connectivity index (χ4n) is 4.26. The van der Waals surface area contributed by atoms with Gasteiger partial charge in [-0.3, -0.25) is 14.9 Å². The number of rotatable bonds is 7. The van der Waals surface area contributed by atoms with Crippen LogP contribution >= 0.6 is 27.5 Å². The monoisotopic (exact) mass is 628 g/mol. The second-order valence-corrected chi connectivity index (χ2v) is 10.4. The number of ether oxygens (including phenoxy) is 1. The summed E-state index contributed by atoms with van der Waals surface area (Å²) in [6, 6.07) is 25.6. The zero-order valence-electron chi connectivity index (χ0n) is 21.0. The summed E-state index contributed by atoms with van der Waals surface area (Å²) in [4.78, 5) is 29.3. The predicted octanol–water partition coefficient (Wildman–Crippen LogP) is 7.60. The van der Waals surface area contributed by atoms with Crippen molar-refractivity contribution < 1.29 is 14.1 Å². The first-order valence-corrected chi connectivity index (χ1v) is 13.4. The van der Waals surface area contributed by atoms with Gasteiger partial charge < -0.3 is 9.15 Å². The van der Waals surface area contributed by atoms with Crippen LogP contribution < -0.4 is 10.3 Å². The van der Waals surface area contributed by atoms with Crippen LogP contribution in [0.25, 0.3) is 33.5 Å². The number of nitro groups is 1. The summed E-state index contributed by atoms with van der Waals surface area (Å²) in [7, 11) is 0. The summed E-state index contributed by atoms with van der Waals surface area (Å²) in [6.45, 7) is 0.218. The third-order valence-electron chi connectivity index (χ3n) is 6.28. The van der Waals surface area contributed by atoms with Gasteiger partial charge in [-0.05, 0) is 60.2 Å². The Morgan fingerprint density at radius 1 is 1.05 bits per heavy atom. The molecular formula is C30H18BrClN4O5. The minimum absolute atomic E-state index is 0.152. The summed E-state index contributed by atoms with van der Waals surface area (Å²) >= 11 is 9.56. The van der Waals surface area contributed by atoms with Gasteiger partial charge in [0, 0.05) is 32.6 Å². The molecule has 202 valence electrons. The van der Waals surface area contributed by atoms with Gasteiger partial charge in [0.15, 0.2) is 5.76 Å². The van der Waals surface area contributed by atoms with Crippen molar-refractivity contribution in [2.45, 2.75) is 6.61 Å². The van der Waals surface area contributed by atoms with E-state index in [-0.39, 0.29) is 18.1 Å². The number of nitrogens with zero attached hydrogens (tertiary/aromatic N) is 4. The van der Waals surface area contributed by atoms with Crippen LogP contribution in [0.5, 0.6) is 5.75 Å². The zero-order chi connectivity index (χ0) is 28.5. The molecule has 0 bridgehead atoms. The number of furan rings is 1. The largest absolute Gasteiger partial charge is 0.488 e. The zero-order valence-corrected chi connectivity index (χ0v) is 23.4.